The van der Waals surface area contributed by atoms with Crippen LogP contribution in [0.15, 0.2) is 17.2 Å². The quantitative estimate of drug-likeness (QED) is 0.791. The Labute approximate surface area is 132 Å². The van der Waals surface area contributed by atoms with Crippen molar-refractivity contribution in [3.63, 3.8) is 0 Å². The predicted octanol–water partition coefficient (Wildman–Crippen LogP) is 1.91. The summed E-state index contributed by atoms with van der Waals surface area (Å²) in [4.78, 5) is 0.412. The third kappa shape index (κ3) is 3.64. The van der Waals surface area contributed by atoms with E-state index in [1.807, 2.05) is 32.5 Å². The fraction of sp³-hybridized carbons (Fsp3) is 0.714. The summed E-state index contributed by atoms with van der Waals surface area (Å²) in [6.07, 6.45) is 6.08. The maximum absolute atomic E-state index is 12.7. The molecule has 0 radical (unpaired) electrons. The highest BCUT2D eigenvalue weighted by atomic mass is 32.2. The fourth-order valence-corrected chi connectivity index (χ4v) is 4.62. The Bertz CT molecular complexity index is 579. The summed E-state index contributed by atoms with van der Waals surface area (Å²) < 4.78 is 29.1. The van der Waals surface area contributed by atoms with Gasteiger partial charge in [-0.2, -0.15) is 16.1 Å². The lowest BCUT2D eigenvalue weighted by molar-refractivity contribution is 0.415. The van der Waals surface area contributed by atoms with Gasteiger partial charge in [0.15, 0.2) is 0 Å². The van der Waals surface area contributed by atoms with Crippen LogP contribution in [0.2, 0.25) is 0 Å². The summed E-state index contributed by atoms with van der Waals surface area (Å²) in [5.41, 5.74) is 1.05. The molecule has 120 valence electrons. The number of hydrogen-bond donors (Lipinski definition) is 1. The minimum absolute atomic E-state index is 0.0120. The van der Waals surface area contributed by atoms with Crippen molar-refractivity contribution in [3.8, 4) is 0 Å². The molecule has 1 N–H and O–H groups in total. The molecule has 21 heavy (non-hydrogen) atoms. The van der Waals surface area contributed by atoms with E-state index < -0.39 is 10.0 Å². The molecule has 1 heterocycles. The first-order chi connectivity index (χ1) is 9.91. The minimum atomic E-state index is -3.41. The standard InChI is InChI=1S/C14H25N3O2S2/c1-11(10-20-4)16(3)21(18,19)14-7-13(8-15-2)17(9-14)12-5-6-12/h7,9,11-12,15H,5-6,8,10H2,1-4H3. The smallest absolute Gasteiger partial charge is 0.244 e. The molecule has 0 bridgehead atoms. The number of hydrogen-bond acceptors (Lipinski definition) is 4. The molecule has 5 nitrogen and oxygen atoms in total. The number of thioether (sulfide) groups is 1. The van der Waals surface area contributed by atoms with Gasteiger partial charge in [0, 0.05) is 43.3 Å². The Kier molecular flexibility index (Phi) is 5.40. The summed E-state index contributed by atoms with van der Waals surface area (Å²) in [6.45, 7) is 2.64. The molecule has 0 saturated heterocycles. The van der Waals surface area contributed by atoms with Crippen LogP contribution in [-0.2, 0) is 16.6 Å². The second-order valence-electron chi connectivity index (χ2n) is 5.66. The van der Waals surface area contributed by atoms with Crippen LogP contribution in [0, 0.1) is 0 Å². The highest BCUT2D eigenvalue weighted by Gasteiger charge is 2.31. The molecule has 1 atom stereocenters. The number of sulfonamides is 1. The van der Waals surface area contributed by atoms with Gasteiger partial charge >= 0.3 is 0 Å². The van der Waals surface area contributed by atoms with Gasteiger partial charge < -0.3 is 9.88 Å². The van der Waals surface area contributed by atoms with E-state index in [9.17, 15) is 8.42 Å². The lowest BCUT2D eigenvalue weighted by Gasteiger charge is -2.23. The van der Waals surface area contributed by atoms with Crippen LogP contribution in [0.4, 0.5) is 0 Å². The third-order valence-electron chi connectivity index (χ3n) is 3.91. The zero-order valence-electron chi connectivity index (χ0n) is 13.2. The zero-order valence-corrected chi connectivity index (χ0v) is 14.8. The number of nitrogens with one attached hydrogen (secondary N) is 1. The molecule has 1 unspecified atom stereocenters. The van der Waals surface area contributed by atoms with Gasteiger partial charge in [-0.15, -0.1) is 0 Å². The largest absolute Gasteiger partial charge is 0.346 e. The highest BCUT2D eigenvalue weighted by Crippen LogP contribution is 2.37. The third-order valence-corrected chi connectivity index (χ3v) is 6.66. The molecule has 1 aromatic rings. The first-order valence-electron chi connectivity index (χ1n) is 7.24. The van der Waals surface area contributed by atoms with Crippen LogP contribution in [0.5, 0.6) is 0 Å². The van der Waals surface area contributed by atoms with Crippen molar-refractivity contribution < 1.29 is 8.42 Å². The van der Waals surface area contributed by atoms with E-state index in [0.29, 0.717) is 17.5 Å². The summed E-state index contributed by atoms with van der Waals surface area (Å²) in [6, 6.07) is 2.28. The molecule has 0 aromatic carbocycles. The van der Waals surface area contributed by atoms with Crippen molar-refractivity contribution in [3.05, 3.63) is 18.0 Å². The first kappa shape index (κ1) is 16.9. The van der Waals surface area contributed by atoms with Crippen LogP contribution >= 0.6 is 11.8 Å². The van der Waals surface area contributed by atoms with Crippen LogP contribution in [0.1, 0.15) is 31.5 Å². The summed E-state index contributed by atoms with van der Waals surface area (Å²) in [5.74, 6) is 0.794. The van der Waals surface area contributed by atoms with Gasteiger partial charge in [0.25, 0.3) is 0 Å². The van der Waals surface area contributed by atoms with E-state index in [1.54, 1.807) is 18.8 Å². The van der Waals surface area contributed by atoms with E-state index in [0.717, 1.165) is 24.3 Å². The van der Waals surface area contributed by atoms with Crippen molar-refractivity contribution in [2.24, 2.45) is 0 Å². The Morgan fingerprint density at radius 3 is 2.71 bits per heavy atom. The lowest BCUT2D eigenvalue weighted by atomic mass is 10.4. The molecule has 0 spiro atoms. The Morgan fingerprint density at radius 1 is 1.52 bits per heavy atom. The molecular formula is C14H25N3O2S2. The second-order valence-corrected chi connectivity index (χ2v) is 8.57. The van der Waals surface area contributed by atoms with Crippen molar-refractivity contribution in [1.29, 1.82) is 0 Å². The SMILES string of the molecule is CNCc1cc(S(=O)(=O)N(C)C(C)CSC)cn1C1CC1. The molecule has 1 aromatic heterocycles. The van der Waals surface area contributed by atoms with Gasteiger partial charge in [-0.05, 0) is 39.1 Å². The van der Waals surface area contributed by atoms with Crippen molar-refractivity contribution in [2.45, 2.75) is 43.3 Å². The van der Waals surface area contributed by atoms with Gasteiger partial charge in [0.05, 0.1) is 0 Å². The normalized spacial score (nSPS) is 17.4. The number of rotatable bonds is 8. The van der Waals surface area contributed by atoms with E-state index in [-0.39, 0.29) is 6.04 Å². The molecule has 2 rings (SSSR count). The van der Waals surface area contributed by atoms with Crippen LogP contribution < -0.4 is 5.32 Å². The Balaban J connectivity index is 2.29. The predicted molar refractivity (Wildman–Crippen MR) is 88.3 cm³/mol. The number of aromatic nitrogens is 1. The zero-order chi connectivity index (χ0) is 15.6. The summed E-state index contributed by atoms with van der Waals surface area (Å²) in [5, 5.41) is 3.11. The minimum Gasteiger partial charge on any atom is -0.346 e. The van der Waals surface area contributed by atoms with Crippen molar-refractivity contribution >= 4 is 21.8 Å². The lowest BCUT2D eigenvalue weighted by Crippen LogP contribution is -2.36. The maximum atomic E-state index is 12.7. The van der Waals surface area contributed by atoms with Gasteiger partial charge in [-0.3, -0.25) is 0 Å². The van der Waals surface area contributed by atoms with E-state index in [2.05, 4.69) is 9.88 Å². The molecule has 1 aliphatic carbocycles. The molecule has 1 saturated carbocycles. The average Bonchev–Trinajstić information content (AvgIpc) is 3.19. The molecule has 0 aliphatic heterocycles. The van der Waals surface area contributed by atoms with Crippen molar-refractivity contribution in [1.82, 2.24) is 14.2 Å². The van der Waals surface area contributed by atoms with E-state index >= 15 is 0 Å². The Morgan fingerprint density at radius 2 is 2.19 bits per heavy atom. The molecule has 0 amide bonds. The summed E-state index contributed by atoms with van der Waals surface area (Å²) >= 11 is 1.66. The van der Waals surface area contributed by atoms with Gasteiger partial charge in [0.2, 0.25) is 10.0 Å². The monoisotopic (exact) mass is 331 g/mol. The van der Waals surface area contributed by atoms with Gasteiger partial charge in [-0.1, -0.05) is 0 Å². The molecular weight excluding hydrogens is 306 g/mol. The first-order valence-corrected chi connectivity index (χ1v) is 10.1. The van der Waals surface area contributed by atoms with E-state index in [1.165, 1.54) is 4.31 Å². The number of nitrogens with zero attached hydrogens (tertiary/aromatic N) is 2. The topological polar surface area (TPSA) is 54.3 Å². The Hall–Kier alpha value is -0.500. The van der Waals surface area contributed by atoms with Gasteiger partial charge in [0.1, 0.15) is 4.90 Å². The average molecular weight is 332 g/mol. The van der Waals surface area contributed by atoms with Crippen LogP contribution in [0.25, 0.3) is 0 Å². The van der Waals surface area contributed by atoms with Crippen LogP contribution in [-0.4, -0.2) is 49.4 Å². The fourth-order valence-electron chi connectivity index (χ4n) is 2.40. The second kappa shape index (κ2) is 6.73. The van der Waals surface area contributed by atoms with Crippen molar-refractivity contribution in [2.75, 3.05) is 26.1 Å². The van der Waals surface area contributed by atoms with Gasteiger partial charge in [-0.25, -0.2) is 8.42 Å². The molecule has 1 fully saturated rings. The summed E-state index contributed by atoms with van der Waals surface area (Å²) in [7, 11) is 0.134. The van der Waals surface area contributed by atoms with E-state index in [4.69, 9.17) is 0 Å². The molecule has 1 aliphatic rings. The highest BCUT2D eigenvalue weighted by molar-refractivity contribution is 7.98. The maximum Gasteiger partial charge on any atom is 0.244 e. The van der Waals surface area contributed by atoms with Crippen LogP contribution in [0.3, 0.4) is 0 Å². The molecule has 7 heteroatoms.